The minimum atomic E-state index is -1.14. The summed E-state index contributed by atoms with van der Waals surface area (Å²) in [6, 6.07) is 92.6. The monoisotopic (exact) mass is 1530 g/mol. The fourth-order valence-electron chi connectivity index (χ4n) is 14.5. The number of para-hydroxylation sites is 4. The van der Waals surface area contributed by atoms with Crippen LogP contribution in [-0.4, -0.2) is 9.97 Å². The summed E-state index contributed by atoms with van der Waals surface area (Å²) in [6.07, 6.45) is 12.5. The quantitative estimate of drug-likeness (QED) is 0.0369. The van der Waals surface area contributed by atoms with Gasteiger partial charge in [0.05, 0.1) is 11.0 Å². The molecule has 14 rings (SSSR count). The molecule has 0 saturated heterocycles. The van der Waals surface area contributed by atoms with Crippen LogP contribution >= 0.6 is 15.8 Å². The van der Waals surface area contributed by atoms with Gasteiger partial charge in [-0.15, -0.1) is 13.3 Å². The van der Waals surface area contributed by atoms with Crippen LogP contribution in [0.2, 0.25) is 0 Å². The molecular formula is C96H108Cu2N6P2+2. The van der Waals surface area contributed by atoms with E-state index in [9.17, 15) is 0 Å². The van der Waals surface area contributed by atoms with Gasteiger partial charge in [0.25, 0.3) is 0 Å². The second-order valence-corrected chi connectivity index (χ2v) is 34.7. The molecule has 0 spiro atoms. The Labute approximate surface area is 659 Å². The number of nitrogens with zero attached hydrogens (tertiary/aromatic N) is 6. The molecule has 0 saturated carbocycles. The first-order valence-electron chi connectivity index (χ1n) is 37.7. The molecule has 12 aromatic rings. The van der Waals surface area contributed by atoms with Gasteiger partial charge in [-0.25, -0.2) is 0 Å². The van der Waals surface area contributed by atoms with Crippen LogP contribution in [0.5, 0.6) is 0 Å². The van der Waals surface area contributed by atoms with Crippen LogP contribution in [0, 0.1) is 13.3 Å². The Morgan fingerprint density at radius 2 is 0.443 bits per heavy atom. The van der Waals surface area contributed by atoms with E-state index in [0.29, 0.717) is 47.3 Å². The first-order valence-corrected chi connectivity index (χ1v) is 40.7. The van der Waals surface area contributed by atoms with Crippen LogP contribution in [0.4, 0.5) is 22.7 Å². The SMILES string of the molecule is CC(C)c1cccc(C(C)C)c1N1C=CN(c2c(C(C)C)cccc2C(C)C)[CH-]1.CC(C)c1cccc(C(C)C)c1N1C=CN(c2c(C(C)C)cccc2C(C)C)[CH-]1.[Cu+].[Cu+].c1ccc([PH+](c2ccccc2)c2ccccc2[PH+](c2ccccc2)c2ccccc2)cc1.c1cnc2c(c1)ccc1cccnc12. The van der Waals surface area contributed by atoms with Gasteiger partial charge in [0.1, 0.15) is 47.7 Å². The number of rotatable bonds is 18. The summed E-state index contributed by atoms with van der Waals surface area (Å²) in [6.45, 7) is 41.1. The predicted octanol–water partition coefficient (Wildman–Crippen LogP) is 23.6. The summed E-state index contributed by atoms with van der Waals surface area (Å²) in [5, 5.41) is 11.0. The second-order valence-electron chi connectivity index (χ2n) is 29.8. The Hall–Kier alpha value is -8.40. The van der Waals surface area contributed by atoms with E-state index in [1.54, 1.807) is 12.4 Å². The summed E-state index contributed by atoms with van der Waals surface area (Å²) in [4.78, 5) is 18.0. The zero-order valence-corrected chi connectivity index (χ0v) is 68.7. The predicted molar refractivity (Wildman–Crippen MR) is 459 cm³/mol. The van der Waals surface area contributed by atoms with Crippen molar-refractivity contribution in [2.75, 3.05) is 19.6 Å². The van der Waals surface area contributed by atoms with Gasteiger partial charge in [-0.05, 0) is 189 Å². The number of hydrogen-bond acceptors (Lipinski definition) is 6. The molecule has 2 aliphatic rings. The topological polar surface area (TPSA) is 38.7 Å². The van der Waals surface area contributed by atoms with E-state index in [0.717, 1.165) is 21.8 Å². The van der Waals surface area contributed by atoms with Gasteiger partial charge >= 0.3 is 34.1 Å². The number of anilines is 4. The Morgan fingerprint density at radius 1 is 0.236 bits per heavy atom. The van der Waals surface area contributed by atoms with Crippen molar-refractivity contribution in [3.8, 4) is 0 Å². The van der Waals surface area contributed by atoms with Crippen LogP contribution in [-0.2, 0) is 34.1 Å². The molecule has 2 aliphatic heterocycles. The van der Waals surface area contributed by atoms with Crippen molar-refractivity contribution >= 4 is 92.2 Å². The van der Waals surface area contributed by atoms with E-state index in [2.05, 4.69) is 421 Å². The number of aromatic nitrogens is 2. The minimum absolute atomic E-state index is 0. The number of benzene rings is 10. The largest absolute Gasteiger partial charge is 1.00 e. The Bertz CT molecular complexity index is 4190. The van der Waals surface area contributed by atoms with Crippen LogP contribution in [0.1, 0.15) is 203 Å². The van der Waals surface area contributed by atoms with Crippen molar-refractivity contribution in [1.82, 2.24) is 9.97 Å². The van der Waals surface area contributed by atoms with Gasteiger partial charge in [0.15, 0.2) is 0 Å². The third kappa shape index (κ3) is 19.1. The number of pyridine rings is 2. The average Bonchev–Trinajstić information content (AvgIpc) is 1.51. The maximum atomic E-state index is 4.35. The zero-order chi connectivity index (χ0) is 73.6. The van der Waals surface area contributed by atoms with Crippen molar-refractivity contribution in [3.63, 3.8) is 0 Å². The summed E-state index contributed by atoms with van der Waals surface area (Å²) >= 11 is 0. The molecule has 0 aliphatic carbocycles. The van der Waals surface area contributed by atoms with Crippen LogP contribution in [0.25, 0.3) is 21.8 Å². The van der Waals surface area contributed by atoms with E-state index in [1.807, 2.05) is 12.1 Å². The number of hydrogen-bond donors (Lipinski definition) is 0. The molecule has 6 nitrogen and oxygen atoms in total. The van der Waals surface area contributed by atoms with Gasteiger partial charge < -0.3 is 19.6 Å². The summed E-state index contributed by atoms with van der Waals surface area (Å²) in [7, 11) is -2.28. The van der Waals surface area contributed by atoms with E-state index >= 15 is 0 Å². The number of fused-ring (bicyclic) bond motifs is 3. The zero-order valence-electron chi connectivity index (χ0n) is 64.8. The third-order valence-corrected chi connectivity index (χ3v) is 25.6. The first kappa shape index (κ1) is 81.7. The molecule has 10 aromatic carbocycles. The molecule has 10 heteroatoms. The first-order chi connectivity index (χ1) is 50.3. The molecule has 0 radical (unpaired) electrons. The van der Waals surface area contributed by atoms with E-state index in [-0.39, 0.29) is 34.1 Å². The van der Waals surface area contributed by atoms with Gasteiger partial charge in [-0.3, -0.25) is 9.97 Å². The van der Waals surface area contributed by atoms with Crippen molar-refractivity contribution in [2.45, 2.75) is 158 Å². The van der Waals surface area contributed by atoms with Gasteiger partial charge in [-0.1, -0.05) is 293 Å². The van der Waals surface area contributed by atoms with Gasteiger partial charge in [0, 0.05) is 45.9 Å². The van der Waals surface area contributed by atoms with Gasteiger partial charge in [0.2, 0.25) is 0 Å². The smallest absolute Gasteiger partial charge is 0.479 e. The average molecular weight is 1540 g/mol. The summed E-state index contributed by atoms with van der Waals surface area (Å²) in [5.74, 6) is 3.84. The molecule has 0 atom stereocenters. The fraction of sp³-hybridized carbons (Fsp3) is 0.250. The molecule has 106 heavy (non-hydrogen) atoms. The van der Waals surface area contributed by atoms with Crippen molar-refractivity contribution in [2.24, 2.45) is 0 Å². The Kier molecular flexibility index (Phi) is 29.6. The van der Waals surface area contributed by atoms with Gasteiger partial charge in [-0.2, -0.15) is 0 Å². The minimum Gasteiger partial charge on any atom is -0.479 e. The maximum Gasteiger partial charge on any atom is 1.00 e. The van der Waals surface area contributed by atoms with Crippen molar-refractivity contribution < 1.29 is 34.1 Å². The molecule has 0 amide bonds. The van der Waals surface area contributed by atoms with E-state index < -0.39 is 15.8 Å². The third-order valence-electron chi connectivity index (χ3n) is 19.7. The Morgan fingerprint density at radius 3 is 0.651 bits per heavy atom. The fourth-order valence-corrected chi connectivity index (χ4v) is 20.4. The van der Waals surface area contributed by atoms with E-state index in [1.165, 1.54) is 99.1 Å². The maximum absolute atomic E-state index is 4.35. The molecule has 4 heterocycles. The van der Waals surface area contributed by atoms with Crippen molar-refractivity contribution in [3.05, 3.63) is 350 Å². The molecule has 2 aromatic heterocycles. The molecule has 0 bridgehead atoms. The van der Waals surface area contributed by atoms with Crippen molar-refractivity contribution in [1.29, 1.82) is 0 Å². The molecular weight excluding hydrogens is 1430 g/mol. The molecule has 0 unspecified atom stereocenters. The molecule has 0 fully saturated rings. The summed E-state index contributed by atoms with van der Waals surface area (Å²) < 4.78 is 0. The Balaban J connectivity index is 0.000000167. The molecule has 0 N–H and O–H groups in total. The van der Waals surface area contributed by atoms with Crippen LogP contribution < -0.4 is 51.4 Å². The van der Waals surface area contributed by atoms with E-state index in [4.69, 9.17) is 0 Å². The summed E-state index contributed by atoms with van der Waals surface area (Å²) in [5.41, 5.74) is 18.5. The van der Waals surface area contributed by atoms with Crippen LogP contribution in [0.3, 0.4) is 0 Å². The standard InChI is InChI=1S/C30H24P2.2C27H37N2.C12H8N2.2Cu/c1-5-15-25(16-6-1)31(26-17-7-2-8-18-26)29-23-13-14-24-30(29)32(27-19-9-3-10-20-27)28-21-11-4-12-22-28;2*1-18(2)22-11-9-12-23(19(3)4)26(22)28-15-16-29(17-28)27-24(20(5)6)13-10-14-25(27)21(7)8;1-3-9-5-6-10-4-2-8-14-12(10)11(9)13-7-1;;/h1-24H;2*9-21H,1-8H3;1-8H;;/q;2*-1;;2*+1/p+2. The van der Waals surface area contributed by atoms with Crippen LogP contribution in [0.15, 0.2) is 292 Å². The molecule has 552 valence electrons. The second kappa shape index (κ2) is 38.4. The normalized spacial score (nSPS) is 12.6.